The minimum atomic E-state index is -0.189. The molecule has 2 rings (SSSR count). The van der Waals surface area contributed by atoms with Crippen LogP contribution in [0.25, 0.3) is 0 Å². The van der Waals surface area contributed by atoms with Crippen LogP contribution in [0.15, 0.2) is 18.2 Å². The van der Waals surface area contributed by atoms with Crippen LogP contribution in [0.3, 0.4) is 0 Å². The fourth-order valence-corrected chi connectivity index (χ4v) is 3.28. The summed E-state index contributed by atoms with van der Waals surface area (Å²) in [7, 11) is 0. The summed E-state index contributed by atoms with van der Waals surface area (Å²) in [6.07, 6.45) is 4.86. The molecule has 1 aromatic carbocycles. The maximum Gasteiger partial charge on any atom is 0.129 e. The van der Waals surface area contributed by atoms with Crippen molar-refractivity contribution in [3.8, 4) is 0 Å². The van der Waals surface area contributed by atoms with Gasteiger partial charge in [0.05, 0.1) is 0 Å². The van der Waals surface area contributed by atoms with Gasteiger partial charge in [-0.3, -0.25) is 4.90 Å². The number of hydrogen-bond donors (Lipinski definition) is 0. The van der Waals surface area contributed by atoms with E-state index < -0.39 is 0 Å². The number of hydrogen-bond acceptors (Lipinski definition) is 1. The Kier molecular flexibility index (Phi) is 5.46. The molecule has 1 aliphatic heterocycles. The molecule has 1 aliphatic rings. The summed E-state index contributed by atoms with van der Waals surface area (Å²) in [6, 6.07) is 5.55. The molecule has 0 amide bonds. The van der Waals surface area contributed by atoms with Crippen molar-refractivity contribution in [1.29, 1.82) is 0 Å². The predicted octanol–water partition coefficient (Wildman–Crippen LogP) is 4.62. The first-order chi connectivity index (χ1) is 8.70. The Bertz CT molecular complexity index is 397. The van der Waals surface area contributed by atoms with Gasteiger partial charge in [-0.2, -0.15) is 0 Å². The number of alkyl halides is 1. The van der Waals surface area contributed by atoms with E-state index in [9.17, 15) is 4.39 Å². The average Bonchev–Trinajstić information content (AvgIpc) is 2.35. The Morgan fingerprint density at radius 2 is 2.22 bits per heavy atom. The number of likely N-dealkylation sites (tertiary alicyclic amines) is 1. The zero-order valence-electron chi connectivity index (χ0n) is 10.3. The van der Waals surface area contributed by atoms with Gasteiger partial charge in [-0.15, -0.1) is 0 Å². The van der Waals surface area contributed by atoms with Crippen LogP contribution in [0.1, 0.15) is 31.2 Å². The molecule has 1 aromatic rings. The molecule has 0 saturated carbocycles. The number of benzene rings is 1. The highest BCUT2D eigenvalue weighted by Gasteiger charge is 2.22. The van der Waals surface area contributed by atoms with Crippen molar-refractivity contribution in [3.63, 3.8) is 0 Å². The molecule has 1 nitrogen and oxygen atoms in total. The van der Waals surface area contributed by atoms with Crippen molar-refractivity contribution in [2.75, 3.05) is 11.9 Å². The summed E-state index contributed by atoms with van der Waals surface area (Å²) in [5.74, 6) is -0.189. The van der Waals surface area contributed by atoms with Gasteiger partial charge in [0.2, 0.25) is 0 Å². The molecule has 1 unspecified atom stereocenters. The molecule has 0 bridgehead atoms. The van der Waals surface area contributed by atoms with Crippen molar-refractivity contribution in [2.45, 2.75) is 38.3 Å². The first-order valence-electron chi connectivity index (χ1n) is 6.44. The fourth-order valence-electron chi connectivity index (χ4n) is 2.59. The molecule has 4 heteroatoms. The van der Waals surface area contributed by atoms with Crippen LogP contribution in [0.2, 0.25) is 5.02 Å². The number of nitrogens with zero attached hydrogens (tertiary/aromatic N) is 1. The normalized spacial score (nSPS) is 21.2. The smallest absolute Gasteiger partial charge is 0.129 e. The lowest BCUT2D eigenvalue weighted by Gasteiger charge is -2.35. The summed E-state index contributed by atoms with van der Waals surface area (Å²) >= 11 is 9.28. The molecular weight excluding hydrogens is 317 g/mol. The van der Waals surface area contributed by atoms with Gasteiger partial charge < -0.3 is 0 Å². The van der Waals surface area contributed by atoms with E-state index in [0.29, 0.717) is 17.6 Å². The third-order valence-electron chi connectivity index (χ3n) is 3.58. The third-order valence-corrected chi connectivity index (χ3v) is 4.27. The largest absolute Gasteiger partial charge is 0.296 e. The van der Waals surface area contributed by atoms with Gasteiger partial charge >= 0.3 is 0 Å². The van der Waals surface area contributed by atoms with E-state index in [1.54, 1.807) is 12.1 Å². The van der Waals surface area contributed by atoms with Crippen molar-refractivity contribution >= 4 is 27.5 Å². The van der Waals surface area contributed by atoms with E-state index in [4.69, 9.17) is 11.6 Å². The van der Waals surface area contributed by atoms with Gasteiger partial charge in [0.1, 0.15) is 5.82 Å². The predicted molar refractivity (Wildman–Crippen MR) is 77.9 cm³/mol. The molecular formula is C14H18BrClFN. The van der Waals surface area contributed by atoms with Crippen molar-refractivity contribution < 1.29 is 4.39 Å². The van der Waals surface area contributed by atoms with E-state index >= 15 is 0 Å². The summed E-state index contributed by atoms with van der Waals surface area (Å²) in [5, 5.41) is 1.48. The van der Waals surface area contributed by atoms with Gasteiger partial charge in [-0.25, -0.2) is 4.39 Å². The zero-order valence-corrected chi connectivity index (χ0v) is 12.7. The fraction of sp³-hybridized carbons (Fsp3) is 0.571. The van der Waals surface area contributed by atoms with E-state index in [-0.39, 0.29) is 5.82 Å². The van der Waals surface area contributed by atoms with Crippen molar-refractivity contribution in [2.24, 2.45) is 0 Å². The lowest BCUT2D eigenvalue weighted by atomic mass is 9.99. The highest BCUT2D eigenvalue weighted by atomic mass is 79.9. The van der Waals surface area contributed by atoms with E-state index in [1.165, 1.54) is 25.3 Å². The second-order valence-corrected chi connectivity index (χ2v) is 6.06. The minimum Gasteiger partial charge on any atom is -0.296 e. The van der Waals surface area contributed by atoms with Gasteiger partial charge in [0.15, 0.2) is 0 Å². The third kappa shape index (κ3) is 3.69. The molecule has 1 heterocycles. The van der Waals surface area contributed by atoms with Crippen LogP contribution in [-0.4, -0.2) is 22.8 Å². The Labute approximate surface area is 121 Å². The second kappa shape index (κ2) is 6.88. The van der Waals surface area contributed by atoms with Gasteiger partial charge in [-0.05, 0) is 37.9 Å². The van der Waals surface area contributed by atoms with E-state index in [0.717, 1.165) is 23.9 Å². The Hall–Kier alpha value is -0.120. The Morgan fingerprint density at radius 1 is 1.39 bits per heavy atom. The summed E-state index contributed by atoms with van der Waals surface area (Å²) in [4.78, 5) is 2.40. The van der Waals surface area contributed by atoms with Crippen LogP contribution in [0, 0.1) is 5.82 Å². The SMILES string of the molecule is Fc1cc(Cl)ccc1CN1CCCCC1CCBr. The number of piperidine rings is 1. The zero-order chi connectivity index (χ0) is 13.0. The lowest BCUT2D eigenvalue weighted by Crippen LogP contribution is -2.39. The number of rotatable bonds is 4. The first kappa shape index (κ1) is 14.3. The van der Waals surface area contributed by atoms with Gasteiger partial charge in [0.25, 0.3) is 0 Å². The average molecular weight is 335 g/mol. The summed E-state index contributed by atoms with van der Waals surface area (Å²) in [6.45, 7) is 1.76. The van der Waals surface area contributed by atoms with Crippen LogP contribution in [0.4, 0.5) is 4.39 Å². The molecule has 0 N–H and O–H groups in total. The molecule has 0 radical (unpaired) electrons. The summed E-state index contributed by atoms with van der Waals surface area (Å²) in [5.41, 5.74) is 0.751. The topological polar surface area (TPSA) is 3.24 Å². The molecule has 0 aliphatic carbocycles. The molecule has 1 fully saturated rings. The molecule has 1 saturated heterocycles. The van der Waals surface area contributed by atoms with Crippen molar-refractivity contribution in [3.05, 3.63) is 34.6 Å². The lowest BCUT2D eigenvalue weighted by molar-refractivity contribution is 0.135. The van der Waals surface area contributed by atoms with Gasteiger partial charge in [-0.1, -0.05) is 40.0 Å². The molecule has 100 valence electrons. The molecule has 0 aromatic heterocycles. The van der Waals surface area contributed by atoms with Crippen molar-refractivity contribution in [1.82, 2.24) is 4.90 Å². The Morgan fingerprint density at radius 3 is 2.94 bits per heavy atom. The highest BCUT2D eigenvalue weighted by Crippen LogP contribution is 2.24. The first-order valence-corrected chi connectivity index (χ1v) is 7.94. The standard InChI is InChI=1S/C14H18BrClFN/c15-7-6-13-3-1-2-8-18(13)10-11-4-5-12(16)9-14(11)17/h4-5,9,13H,1-3,6-8,10H2. The summed E-state index contributed by atoms with van der Waals surface area (Å²) < 4.78 is 13.8. The van der Waals surface area contributed by atoms with Crippen LogP contribution in [-0.2, 0) is 6.54 Å². The van der Waals surface area contributed by atoms with Crippen LogP contribution in [0.5, 0.6) is 0 Å². The minimum absolute atomic E-state index is 0.189. The molecule has 1 atom stereocenters. The maximum absolute atomic E-state index is 13.8. The maximum atomic E-state index is 13.8. The van der Waals surface area contributed by atoms with E-state index in [2.05, 4.69) is 20.8 Å². The monoisotopic (exact) mass is 333 g/mol. The van der Waals surface area contributed by atoms with Gasteiger partial charge in [0, 0.05) is 28.5 Å². The molecule has 18 heavy (non-hydrogen) atoms. The Balaban J connectivity index is 2.06. The van der Waals surface area contributed by atoms with Crippen LogP contribution < -0.4 is 0 Å². The highest BCUT2D eigenvalue weighted by molar-refractivity contribution is 9.09. The van der Waals surface area contributed by atoms with E-state index in [1.807, 2.05) is 0 Å². The number of halogens is 3. The van der Waals surface area contributed by atoms with Crippen LogP contribution >= 0.6 is 27.5 Å². The quantitative estimate of drug-likeness (QED) is 0.726. The second-order valence-electron chi connectivity index (χ2n) is 4.83. The molecule has 0 spiro atoms.